The Hall–Kier alpha value is -2.22. The number of nitrogens with zero attached hydrogens (tertiary/aromatic N) is 4. The summed E-state index contributed by atoms with van der Waals surface area (Å²) < 4.78 is 11.3. The van der Waals surface area contributed by atoms with Crippen LogP contribution in [-0.2, 0) is 13.1 Å². The maximum Gasteiger partial charge on any atom is 0.161 e. The average Bonchev–Trinajstić information content (AvgIpc) is 2.67. The van der Waals surface area contributed by atoms with Crippen LogP contribution in [0.1, 0.15) is 25.1 Å². The maximum atomic E-state index is 10.2. The molecule has 0 aliphatic carbocycles. The zero-order valence-corrected chi connectivity index (χ0v) is 17.5. The Kier molecular flexibility index (Phi) is 8.63. The Morgan fingerprint density at radius 1 is 1.11 bits per heavy atom. The average molecular weight is 389 g/mol. The molecule has 0 saturated heterocycles. The summed E-state index contributed by atoms with van der Waals surface area (Å²) in [5, 5.41) is 10.2. The van der Waals surface area contributed by atoms with E-state index < -0.39 is 6.10 Å². The maximum absolute atomic E-state index is 10.2. The molecular weight excluding hydrogens is 356 g/mol. The molecule has 1 aromatic carbocycles. The van der Waals surface area contributed by atoms with Crippen LogP contribution in [0.4, 0.5) is 0 Å². The summed E-state index contributed by atoms with van der Waals surface area (Å²) in [7, 11) is 5.64. The van der Waals surface area contributed by atoms with Gasteiger partial charge in [-0.25, -0.2) is 0 Å². The monoisotopic (exact) mass is 388 g/mol. The zero-order chi connectivity index (χ0) is 20.5. The molecule has 7 nitrogen and oxygen atoms in total. The standard InChI is InChI=1S/C21H32N4O3/c1-16(2)25(4)14-19(26)15-28-20-7-6-17(10-21(20)27-5)12-24(3)13-18-11-22-8-9-23-18/h6-11,16,19,26H,12-15H2,1-5H3/t19-/m1/s1. The summed E-state index contributed by atoms with van der Waals surface area (Å²) in [5.41, 5.74) is 2.04. The van der Waals surface area contributed by atoms with Crippen LogP contribution >= 0.6 is 0 Å². The van der Waals surface area contributed by atoms with E-state index in [0.717, 1.165) is 17.8 Å². The van der Waals surface area contributed by atoms with E-state index in [0.29, 0.717) is 30.6 Å². The molecule has 0 aliphatic rings. The molecule has 0 amide bonds. The smallest absolute Gasteiger partial charge is 0.161 e. The normalized spacial score (nSPS) is 12.6. The van der Waals surface area contributed by atoms with Gasteiger partial charge in [0.05, 0.1) is 12.8 Å². The van der Waals surface area contributed by atoms with Gasteiger partial charge in [0.25, 0.3) is 0 Å². The van der Waals surface area contributed by atoms with E-state index >= 15 is 0 Å². The van der Waals surface area contributed by atoms with Crippen molar-refractivity contribution in [2.45, 2.75) is 39.1 Å². The second-order valence-electron chi connectivity index (χ2n) is 7.35. The molecule has 0 bridgehead atoms. The van der Waals surface area contributed by atoms with Crippen molar-refractivity contribution in [3.8, 4) is 11.5 Å². The topological polar surface area (TPSA) is 71.0 Å². The number of hydrogen-bond donors (Lipinski definition) is 1. The number of aliphatic hydroxyl groups is 1. The van der Waals surface area contributed by atoms with Gasteiger partial charge in [0.2, 0.25) is 0 Å². The first kappa shape index (κ1) is 22.1. The Morgan fingerprint density at radius 3 is 2.54 bits per heavy atom. The Balaban J connectivity index is 1.92. The zero-order valence-electron chi connectivity index (χ0n) is 17.5. The minimum Gasteiger partial charge on any atom is -0.493 e. The van der Waals surface area contributed by atoms with Gasteiger partial charge < -0.3 is 19.5 Å². The van der Waals surface area contributed by atoms with Crippen LogP contribution in [0.2, 0.25) is 0 Å². The molecule has 0 radical (unpaired) electrons. The second kappa shape index (κ2) is 10.9. The highest BCUT2D eigenvalue weighted by Gasteiger charge is 2.14. The summed E-state index contributed by atoms with van der Waals surface area (Å²) in [4.78, 5) is 12.6. The molecule has 0 spiro atoms. The third-order valence-corrected chi connectivity index (χ3v) is 4.54. The molecule has 1 atom stereocenters. The van der Waals surface area contributed by atoms with Gasteiger partial charge >= 0.3 is 0 Å². The highest BCUT2D eigenvalue weighted by Crippen LogP contribution is 2.28. The summed E-state index contributed by atoms with van der Waals surface area (Å²) in [6.07, 6.45) is 4.59. The summed E-state index contributed by atoms with van der Waals surface area (Å²) in [6.45, 7) is 6.43. The van der Waals surface area contributed by atoms with Crippen molar-refractivity contribution in [1.29, 1.82) is 0 Å². The number of likely N-dealkylation sites (N-methyl/N-ethyl adjacent to an activating group) is 1. The first-order valence-electron chi connectivity index (χ1n) is 9.50. The predicted molar refractivity (Wildman–Crippen MR) is 109 cm³/mol. The third-order valence-electron chi connectivity index (χ3n) is 4.54. The van der Waals surface area contributed by atoms with Crippen LogP contribution in [0, 0.1) is 0 Å². The van der Waals surface area contributed by atoms with Crippen molar-refractivity contribution >= 4 is 0 Å². The minimum atomic E-state index is -0.560. The summed E-state index contributed by atoms with van der Waals surface area (Å²) in [5.74, 6) is 1.30. The van der Waals surface area contributed by atoms with Crippen molar-refractivity contribution in [2.24, 2.45) is 0 Å². The lowest BCUT2D eigenvalue weighted by molar-refractivity contribution is 0.0668. The van der Waals surface area contributed by atoms with Crippen LogP contribution in [-0.4, -0.2) is 71.4 Å². The van der Waals surface area contributed by atoms with Crippen LogP contribution < -0.4 is 9.47 Å². The Bertz CT molecular complexity index is 712. The molecule has 0 saturated carbocycles. The molecule has 2 rings (SSSR count). The quantitative estimate of drug-likeness (QED) is 0.633. The van der Waals surface area contributed by atoms with Gasteiger partial charge in [0.15, 0.2) is 11.5 Å². The fraction of sp³-hybridized carbons (Fsp3) is 0.524. The second-order valence-corrected chi connectivity index (χ2v) is 7.35. The molecule has 28 heavy (non-hydrogen) atoms. The van der Waals surface area contributed by atoms with Crippen LogP contribution in [0.25, 0.3) is 0 Å². The SMILES string of the molecule is COc1cc(CN(C)Cc2cnccn2)ccc1OC[C@H](O)CN(C)C(C)C. The van der Waals surface area contributed by atoms with E-state index in [9.17, 15) is 5.11 Å². The fourth-order valence-electron chi connectivity index (χ4n) is 2.77. The molecule has 0 aliphatic heterocycles. The van der Waals surface area contributed by atoms with E-state index in [1.807, 2.05) is 32.3 Å². The van der Waals surface area contributed by atoms with E-state index in [1.165, 1.54) is 0 Å². The third kappa shape index (κ3) is 7.07. The van der Waals surface area contributed by atoms with E-state index in [1.54, 1.807) is 25.7 Å². The van der Waals surface area contributed by atoms with Gasteiger partial charge in [0.1, 0.15) is 12.7 Å². The van der Waals surface area contributed by atoms with Gasteiger partial charge in [-0.05, 0) is 45.6 Å². The molecule has 0 fully saturated rings. The van der Waals surface area contributed by atoms with Gasteiger partial charge in [-0.2, -0.15) is 0 Å². The highest BCUT2D eigenvalue weighted by atomic mass is 16.5. The molecule has 7 heteroatoms. The van der Waals surface area contributed by atoms with Gasteiger partial charge in [0, 0.05) is 44.3 Å². The van der Waals surface area contributed by atoms with Crippen molar-refractivity contribution in [1.82, 2.24) is 19.8 Å². The number of aromatic nitrogens is 2. The molecular formula is C21H32N4O3. The summed E-state index contributed by atoms with van der Waals surface area (Å²) >= 11 is 0. The van der Waals surface area contributed by atoms with Crippen molar-refractivity contribution in [2.75, 3.05) is 34.4 Å². The lowest BCUT2D eigenvalue weighted by Gasteiger charge is -2.24. The van der Waals surface area contributed by atoms with Crippen molar-refractivity contribution in [3.63, 3.8) is 0 Å². The van der Waals surface area contributed by atoms with E-state index in [-0.39, 0.29) is 6.61 Å². The lowest BCUT2D eigenvalue weighted by atomic mass is 10.2. The Morgan fingerprint density at radius 2 is 1.89 bits per heavy atom. The van der Waals surface area contributed by atoms with Gasteiger partial charge in [-0.15, -0.1) is 0 Å². The number of rotatable bonds is 11. The molecule has 1 N–H and O–H groups in total. The molecule has 1 heterocycles. The number of methoxy groups -OCH3 is 1. The Labute approximate surface area is 167 Å². The first-order valence-corrected chi connectivity index (χ1v) is 9.50. The predicted octanol–water partition coefficient (Wildman–Crippen LogP) is 2.20. The van der Waals surface area contributed by atoms with E-state index in [2.05, 4.69) is 33.6 Å². The molecule has 154 valence electrons. The number of ether oxygens (including phenoxy) is 2. The van der Waals surface area contributed by atoms with Crippen molar-refractivity contribution < 1.29 is 14.6 Å². The van der Waals surface area contributed by atoms with Crippen LogP contribution in [0.3, 0.4) is 0 Å². The molecule has 2 aromatic rings. The van der Waals surface area contributed by atoms with Crippen LogP contribution in [0.15, 0.2) is 36.8 Å². The first-order chi connectivity index (χ1) is 13.4. The fourth-order valence-corrected chi connectivity index (χ4v) is 2.77. The molecule has 1 aromatic heterocycles. The van der Waals surface area contributed by atoms with Crippen LogP contribution in [0.5, 0.6) is 11.5 Å². The number of benzene rings is 1. The minimum absolute atomic E-state index is 0.222. The highest BCUT2D eigenvalue weighted by molar-refractivity contribution is 5.43. The van der Waals surface area contributed by atoms with Crippen molar-refractivity contribution in [3.05, 3.63) is 48.0 Å². The number of hydrogen-bond acceptors (Lipinski definition) is 7. The molecule has 0 unspecified atom stereocenters. The lowest BCUT2D eigenvalue weighted by Crippen LogP contribution is -2.36. The largest absolute Gasteiger partial charge is 0.493 e. The van der Waals surface area contributed by atoms with Gasteiger partial charge in [-0.1, -0.05) is 6.07 Å². The number of aliphatic hydroxyl groups excluding tert-OH is 1. The summed E-state index contributed by atoms with van der Waals surface area (Å²) in [6, 6.07) is 6.25. The van der Waals surface area contributed by atoms with E-state index in [4.69, 9.17) is 9.47 Å². The van der Waals surface area contributed by atoms with Gasteiger partial charge in [-0.3, -0.25) is 14.9 Å².